The van der Waals surface area contributed by atoms with Gasteiger partial charge in [0.05, 0.1) is 11.4 Å². The van der Waals surface area contributed by atoms with Crippen molar-refractivity contribution < 1.29 is 14.3 Å². The first-order chi connectivity index (χ1) is 15.1. The molecular weight excluding hydrogens is 432 g/mol. The molecule has 0 aliphatic carbocycles. The van der Waals surface area contributed by atoms with Crippen molar-refractivity contribution in [3.8, 4) is 5.75 Å². The Morgan fingerprint density at radius 2 is 1.62 bits per heavy atom. The fraction of sp³-hybridized carbons (Fsp3) is 0.304. The Morgan fingerprint density at radius 3 is 2.22 bits per heavy atom. The Hall–Kier alpha value is -3.39. The van der Waals surface area contributed by atoms with Gasteiger partial charge in [-0.2, -0.15) is 5.10 Å². The number of aryl methyl sites for hydroxylation is 2. The summed E-state index contributed by atoms with van der Waals surface area (Å²) in [5, 5.41) is 5.58. The van der Waals surface area contributed by atoms with Crippen molar-refractivity contribution in [1.29, 1.82) is 0 Å². The smallest absolute Gasteiger partial charge is 0.290 e. The monoisotopic (exact) mass is 456 g/mol. The molecule has 168 valence electrons. The van der Waals surface area contributed by atoms with Crippen molar-refractivity contribution in [2.24, 2.45) is 0 Å². The largest absolute Gasteiger partial charge is 0.480 e. The number of amides is 2. The number of fused-ring (bicyclic) bond motifs is 1. The van der Waals surface area contributed by atoms with Crippen molar-refractivity contribution >= 4 is 34.2 Å². The summed E-state index contributed by atoms with van der Waals surface area (Å²) < 4.78 is 7.03. The van der Waals surface area contributed by atoms with Crippen LogP contribution in [0.3, 0.4) is 0 Å². The standard InChI is InChI=1S/C23H25ClN4O4/c1-12(2)28-23(31)18-9-7-6-8-17(18)19(27-28)22(30)26-25-21(29)15(5)32-20-13(3)10-16(24)11-14(20)4/h6-12,15H,1-5H3,(H,25,29)(H,26,30). The molecular formula is C23H25ClN4O4. The van der Waals surface area contributed by atoms with Crippen LogP contribution in [0.25, 0.3) is 10.8 Å². The molecule has 0 bridgehead atoms. The molecule has 1 heterocycles. The van der Waals surface area contributed by atoms with Crippen molar-refractivity contribution in [1.82, 2.24) is 20.6 Å². The van der Waals surface area contributed by atoms with E-state index in [9.17, 15) is 14.4 Å². The van der Waals surface area contributed by atoms with Crippen molar-refractivity contribution in [2.45, 2.75) is 46.8 Å². The van der Waals surface area contributed by atoms with Crippen LogP contribution >= 0.6 is 11.6 Å². The minimum absolute atomic E-state index is 0.0344. The molecule has 0 fully saturated rings. The van der Waals surface area contributed by atoms with E-state index in [4.69, 9.17) is 16.3 Å². The first-order valence-electron chi connectivity index (χ1n) is 10.1. The van der Waals surface area contributed by atoms with Crippen LogP contribution in [0.4, 0.5) is 0 Å². The number of benzene rings is 2. The third-order valence-electron chi connectivity index (χ3n) is 4.92. The number of rotatable bonds is 5. The fourth-order valence-electron chi connectivity index (χ4n) is 3.32. The zero-order valence-electron chi connectivity index (χ0n) is 18.5. The molecule has 2 amide bonds. The third kappa shape index (κ3) is 4.75. The molecule has 9 heteroatoms. The molecule has 0 aliphatic rings. The first kappa shape index (κ1) is 23.3. The molecule has 1 atom stereocenters. The molecule has 3 aromatic rings. The van der Waals surface area contributed by atoms with E-state index in [1.165, 1.54) is 4.68 Å². The van der Waals surface area contributed by atoms with Crippen molar-refractivity contribution in [2.75, 3.05) is 0 Å². The van der Waals surface area contributed by atoms with Gasteiger partial charge in [0, 0.05) is 10.4 Å². The second kappa shape index (κ2) is 9.40. The SMILES string of the molecule is Cc1cc(Cl)cc(C)c1OC(C)C(=O)NNC(=O)c1nn(C(C)C)c(=O)c2ccccc12. The van der Waals surface area contributed by atoms with Crippen LogP contribution in [0.2, 0.25) is 5.02 Å². The van der Waals surface area contributed by atoms with Crippen LogP contribution in [0, 0.1) is 13.8 Å². The average Bonchev–Trinajstić information content (AvgIpc) is 2.74. The van der Waals surface area contributed by atoms with Gasteiger partial charge in [-0.25, -0.2) is 4.68 Å². The average molecular weight is 457 g/mol. The van der Waals surface area contributed by atoms with Crippen LogP contribution in [-0.2, 0) is 4.79 Å². The van der Waals surface area contributed by atoms with Crippen LogP contribution in [-0.4, -0.2) is 27.7 Å². The lowest BCUT2D eigenvalue weighted by Crippen LogP contribution is -2.47. The number of halogens is 1. The van der Waals surface area contributed by atoms with Crippen LogP contribution in [0.15, 0.2) is 41.2 Å². The summed E-state index contributed by atoms with van der Waals surface area (Å²) in [6.45, 7) is 8.84. The van der Waals surface area contributed by atoms with E-state index in [0.717, 1.165) is 11.1 Å². The summed E-state index contributed by atoms with van der Waals surface area (Å²) in [6, 6.07) is 9.96. The quantitative estimate of drug-likeness (QED) is 0.572. The lowest BCUT2D eigenvalue weighted by molar-refractivity contribution is -0.128. The van der Waals surface area contributed by atoms with Gasteiger partial charge < -0.3 is 4.74 Å². The van der Waals surface area contributed by atoms with Gasteiger partial charge in [0.1, 0.15) is 5.75 Å². The number of hydrazine groups is 1. The number of nitrogens with zero attached hydrogens (tertiary/aromatic N) is 2. The Kier molecular flexibility index (Phi) is 6.84. The molecule has 1 unspecified atom stereocenters. The van der Waals surface area contributed by atoms with E-state index in [0.29, 0.717) is 21.5 Å². The molecule has 2 aromatic carbocycles. The van der Waals surface area contributed by atoms with Gasteiger partial charge >= 0.3 is 0 Å². The highest BCUT2D eigenvalue weighted by molar-refractivity contribution is 6.30. The van der Waals surface area contributed by atoms with Gasteiger partial charge in [-0.05, 0) is 63.9 Å². The summed E-state index contributed by atoms with van der Waals surface area (Å²) in [5.41, 5.74) is 6.07. The zero-order chi connectivity index (χ0) is 23.6. The minimum atomic E-state index is -0.886. The van der Waals surface area contributed by atoms with Crippen molar-refractivity contribution in [3.05, 3.63) is 68.6 Å². The minimum Gasteiger partial charge on any atom is -0.480 e. The van der Waals surface area contributed by atoms with E-state index in [1.54, 1.807) is 57.2 Å². The predicted octanol–water partition coefficient (Wildman–Crippen LogP) is 3.48. The molecule has 0 spiro atoms. The first-order valence-corrected chi connectivity index (χ1v) is 10.5. The van der Waals surface area contributed by atoms with Gasteiger partial charge in [-0.15, -0.1) is 0 Å². The maximum absolute atomic E-state index is 12.8. The fourth-order valence-corrected chi connectivity index (χ4v) is 3.64. The van der Waals surface area contributed by atoms with Gasteiger partial charge in [-0.3, -0.25) is 25.2 Å². The van der Waals surface area contributed by atoms with Crippen LogP contribution < -0.4 is 21.1 Å². The van der Waals surface area contributed by atoms with Gasteiger partial charge in [0.15, 0.2) is 11.8 Å². The molecule has 0 saturated carbocycles. The molecule has 3 rings (SSSR count). The second-order valence-corrected chi connectivity index (χ2v) is 8.25. The lowest BCUT2D eigenvalue weighted by atomic mass is 10.1. The van der Waals surface area contributed by atoms with Gasteiger partial charge in [-0.1, -0.05) is 29.8 Å². The van der Waals surface area contributed by atoms with Gasteiger partial charge in [0.2, 0.25) is 0 Å². The number of hydrogen-bond acceptors (Lipinski definition) is 5. The van der Waals surface area contributed by atoms with Crippen LogP contribution in [0.5, 0.6) is 5.75 Å². The Labute approximate surface area is 190 Å². The highest BCUT2D eigenvalue weighted by Crippen LogP contribution is 2.27. The summed E-state index contributed by atoms with van der Waals surface area (Å²) in [5.74, 6) is -0.636. The predicted molar refractivity (Wildman–Crippen MR) is 123 cm³/mol. The Bertz CT molecular complexity index is 1230. The molecule has 8 nitrogen and oxygen atoms in total. The lowest BCUT2D eigenvalue weighted by Gasteiger charge is -2.19. The van der Waals surface area contributed by atoms with E-state index < -0.39 is 17.9 Å². The molecule has 1 aromatic heterocycles. The number of ether oxygens (including phenoxy) is 1. The number of carbonyl (C=O) groups excluding carboxylic acids is 2. The Morgan fingerprint density at radius 1 is 1.03 bits per heavy atom. The number of aromatic nitrogens is 2. The maximum Gasteiger partial charge on any atom is 0.290 e. The van der Waals surface area contributed by atoms with E-state index in [1.807, 2.05) is 13.8 Å². The van der Waals surface area contributed by atoms with E-state index in [-0.39, 0.29) is 17.3 Å². The number of hydrogen-bond donors (Lipinski definition) is 2. The summed E-state index contributed by atoms with van der Waals surface area (Å²) >= 11 is 6.04. The molecule has 32 heavy (non-hydrogen) atoms. The Balaban J connectivity index is 1.77. The second-order valence-electron chi connectivity index (χ2n) is 7.81. The molecule has 0 aliphatic heterocycles. The topological polar surface area (TPSA) is 102 Å². The highest BCUT2D eigenvalue weighted by Gasteiger charge is 2.21. The van der Waals surface area contributed by atoms with E-state index in [2.05, 4.69) is 16.0 Å². The van der Waals surface area contributed by atoms with Crippen molar-refractivity contribution in [3.63, 3.8) is 0 Å². The molecule has 0 saturated heterocycles. The molecule has 0 radical (unpaired) electrons. The normalized spacial score (nSPS) is 12.0. The summed E-state index contributed by atoms with van der Waals surface area (Å²) in [7, 11) is 0. The number of nitrogens with one attached hydrogen (secondary N) is 2. The maximum atomic E-state index is 12.8. The summed E-state index contributed by atoms with van der Waals surface area (Å²) in [6.07, 6.45) is -0.886. The molecule has 2 N–H and O–H groups in total. The van der Waals surface area contributed by atoms with Gasteiger partial charge in [0.25, 0.3) is 17.4 Å². The van der Waals surface area contributed by atoms with E-state index >= 15 is 0 Å². The zero-order valence-corrected chi connectivity index (χ0v) is 19.3. The van der Waals surface area contributed by atoms with Crippen LogP contribution in [0.1, 0.15) is 48.4 Å². The third-order valence-corrected chi connectivity index (χ3v) is 5.14. The summed E-state index contributed by atoms with van der Waals surface area (Å²) in [4.78, 5) is 38.0. The highest BCUT2D eigenvalue weighted by atomic mass is 35.5. The number of carbonyl (C=O) groups is 2.